The molecule has 1 aromatic rings. The van der Waals surface area contributed by atoms with Crippen LogP contribution in [0.4, 0.5) is 4.39 Å². The Labute approximate surface area is 127 Å². The smallest absolute Gasteiger partial charge is 0.261 e. The van der Waals surface area contributed by atoms with Gasteiger partial charge in [0.05, 0.1) is 17.1 Å². The van der Waals surface area contributed by atoms with Crippen LogP contribution in [0.5, 0.6) is 0 Å². The van der Waals surface area contributed by atoms with Gasteiger partial charge in [0.1, 0.15) is 5.82 Å². The van der Waals surface area contributed by atoms with Gasteiger partial charge in [-0.05, 0) is 24.1 Å². The maximum atomic E-state index is 13.7. The molecule has 0 saturated heterocycles. The maximum absolute atomic E-state index is 13.7. The lowest BCUT2D eigenvalue weighted by Crippen LogP contribution is -2.28. The Balaban J connectivity index is 2.59. The van der Waals surface area contributed by atoms with Crippen molar-refractivity contribution in [1.29, 1.82) is 0 Å². The van der Waals surface area contributed by atoms with Crippen molar-refractivity contribution in [3.8, 4) is 0 Å². The summed E-state index contributed by atoms with van der Waals surface area (Å²) in [6, 6.07) is 2.87. The third-order valence-electron chi connectivity index (χ3n) is 2.45. The first-order valence-electron chi connectivity index (χ1n) is 6.32. The Bertz CT molecular complexity index is 604. The number of halogens is 2. The first kappa shape index (κ1) is 17.9. The lowest BCUT2D eigenvalue weighted by Gasteiger charge is -2.09. The van der Waals surface area contributed by atoms with Crippen LogP contribution in [-0.4, -0.2) is 34.1 Å². The minimum Gasteiger partial charge on any atom is -0.379 e. The summed E-state index contributed by atoms with van der Waals surface area (Å²) >= 11 is 0. The van der Waals surface area contributed by atoms with Crippen LogP contribution in [0.25, 0.3) is 0 Å². The Morgan fingerprint density at radius 2 is 2.10 bits per heavy atom. The van der Waals surface area contributed by atoms with Gasteiger partial charge in [-0.15, -0.1) is 0 Å². The fourth-order valence-corrected chi connectivity index (χ4v) is 2.25. The van der Waals surface area contributed by atoms with Crippen molar-refractivity contribution in [1.82, 2.24) is 5.32 Å². The molecular formula is C13H17ClFNO4S. The van der Waals surface area contributed by atoms with Crippen LogP contribution < -0.4 is 5.32 Å². The van der Waals surface area contributed by atoms with Gasteiger partial charge in [-0.1, -0.05) is 13.8 Å². The fraction of sp³-hybridized carbons (Fsp3) is 0.462. The van der Waals surface area contributed by atoms with Gasteiger partial charge >= 0.3 is 0 Å². The average Bonchev–Trinajstić information content (AvgIpc) is 2.36. The number of nitrogens with one attached hydrogen (secondary N) is 1. The second-order valence-corrected chi connectivity index (χ2v) is 7.37. The Morgan fingerprint density at radius 1 is 1.43 bits per heavy atom. The number of hydrogen-bond acceptors (Lipinski definition) is 4. The van der Waals surface area contributed by atoms with Crippen LogP contribution in [0.15, 0.2) is 23.1 Å². The van der Waals surface area contributed by atoms with Crippen molar-refractivity contribution in [2.75, 3.05) is 19.8 Å². The van der Waals surface area contributed by atoms with Gasteiger partial charge in [0.15, 0.2) is 0 Å². The molecule has 1 N–H and O–H groups in total. The number of carbonyl (C=O) groups excluding carboxylic acids is 1. The molecule has 21 heavy (non-hydrogen) atoms. The van der Waals surface area contributed by atoms with Gasteiger partial charge in [0.2, 0.25) is 0 Å². The van der Waals surface area contributed by atoms with Gasteiger partial charge in [-0.2, -0.15) is 0 Å². The summed E-state index contributed by atoms with van der Waals surface area (Å²) in [5.41, 5.74) is -0.247. The molecular weight excluding hydrogens is 321 g/mol. The number of ether oxygens (including phenoxy) is 1. The molecule has 0 heterocycles. The molecule has 0 atom stereocenters. The van der Waals surface area contributed by atoms with Crippen molar-refractivity contribution in [3.05, 3.63) is 29.6 Å². The minimum absolute atomic E-state index is 0.237. The van der Waals surface area contributed by atoms with E-state index in [1.54, 1.807) is 0 Å². The van der Waals surface area contributed by atoms with Crippen molar-refractivity contribution < 1.29 is 22.3 Å². The van der Waals surface area contributed by atoms with Crippen LogP contribution in [0.1, 0.15) is 24.2 Å². The van der Waals surface area contributed by atoms with E-state index in [9.17, 15) is 17.6 Å². The summed E-state index contributed by atoms with van der Waals surface area (Å²) in [6.07, 6.45) is 0. The average molecular weight is 338 g/mol. The summed E-state index contributed by atoms with van der Waals surface area (Å²) in [5.74, 6) is -1.19. The number of rotatable bonds is 7. The highest BCUT2D eigenvalue weighted by atomic mass is 35.7. The molecule has 0 aliphatic carbocycles. The summed E-state index contributed by atoms with van der Waals surface area (Å²) < 4.78 is 41.1. The molecule has 1 aromatic carbocycles. The molecule has 1 amide bonds. The molecule has 0 fully saturated rings. The summed E-state index contributed by atoms with van der Waals surface area (Å²) in [4.78, 5) is 11.3. The predicted molar refractivity (Wildman–Crippen MR) is 77.4 cm³/mol. The molecule has 0 bridgehead atoms. The van der Waals surface area contributed by atoms with E-state index in [1.807, 2.05) is 13.8 Å². The Morgan fingerprint density at radius 3 is 2.62 bits per heavy atom. The van der Waals surface area contributed by atoms with Gasteiger partial charge in [0.25, 0.3) is 15.0 Å². The number of benzene rings is 1. The van der Waals surface area contributed by atoms with E-state index in [2.05, 4.69) is 5.32 Å². The van der Waals surface area contributed by atoms with E-state index in [-0.39, 0.29) is 12.1 Å². The van der Waals surface area contributed by atoms with Crippen LogP contribution in [0.2, 0.25) is 0 Å². The zero-order chi connectivity index (χ0) is 16.0. The molecule has 8 heteroatoms. The molecule has 118 valence electrons. The van der Waals surface area contributed by atoms with E-state index >= 15 is 0 Å². The normalized spacial score (nSPS) is 11.7. The molecule has 0 saturated carbocycles. The zero-order valence-electron chi connectivity index (χ0n) is 11.7. The van der Waals surface area contributed by atoms with Crippen LogP contribution in [0.3, 0.4) is 0 Å². The molecule has 0 spiro atoms. The third-order valence-corrected chi connectivity index (χ3v) is 3.80. The minimum atomic E-state index is -4.02. The highest BCUT2D eigenvalue weighted by molar-refractivity contribution is 8.13. The van der Waals surface area contributed by atoms with E-state index in [0.717, 1.165) is 12.1 Å². The maximum Gasteiger partial charge on any atom is 0.261 e. The number of amides is 1. The monoisotopic (exact) mass is 337 g/mol. The first-order valence-corrected chi connectivity index (χ1v) is 8.63. The highest BCUT2D eigenvalue weighted by Crippen LogP contribution is 2.18. The summed E-state index contributed by atoms with van der Waals surface area (Å²) in [6.45, 7) is 5.13. The second kappa shape index (κ2) is 7.72. The molecule has 0 radical (unpaired) electrons. The predicted octanol–water partition coefficient (Wildman–Crippen LogP) is 2.16. The Hall–Kier alpha value is -1.18. The number of hydrogen-bond donors (Lipinski definition) is 1. The largest absolute Gasteiger partial charge is 0.379 e. The summed E-state index contributed by atoms with van der Waals surface area (Å²) in [5, 5.41) is 2.49. The first-order chi connectivity index (χ1) is 9.71. The number of carbonyl (C=O) groups is 1. The van der Waals surface area contributed by atoms with E-state index in [1.165, 1.54) is 0 Å². The molecule has 0 unspecified atom stereocenters. The van der Waals surface area contributed by atoms with Crippen molar-refractivity contribution >= 4 is 25.6 Å². The fourth-order valence-electron chi connectivity index (χ4n) is 1.48. The van der Waals surface area contributed by atoms with Crippen LogP contribution in [-0.2, 0) is 13.8 Å². The highest BCUT2D eigenvalue weighted by Gasteiger charge is 2.16. The standard InChI is InChI=1S/C13H17ClFNO4S/c1-9(2)8-20-6-5-16-13(17)11-4-3-10(7-12(11)15)21(14,18)19/h3-4,7,9H,5-6,8H2,1-2H3,(H,16,17). The lowest BCUT2D eigenvalue weighted by atomic mass is 10.2. The summed E-state index contributed by atoms with van der Waals surface area (Å²) in [7, 11) is 1.08. The van der Waals surface area contributed by atoms with Gasteiger partial charge in [0, 0.05) is 23.8 Å². The van der Waals surface area contributed by atoms with Gasteiger partial charge < -0.3 is 10.1 Å². The van der Waals surface area contributed by atoms with Crippen molar-refractivity contribution in [2.24, 2.45) is 5.92 Å². The van der Waals surface area contributed by atoms with Crippen molar-refractivity contribution in [3.63, 3.8) is 0 Å². The molecule has 0 aromatic heterocycles. The van der Waals surface area contributed by atoms with E-state index in [4.69, 9.17) is 15.4 Å². The van der Waals surface area contributed by atoms with Crippen LogP contribution in [0, 0.1) is 11.7 Å². The lowest BCUT2D eigenvalue weighted by molar-refractivity contribution is 0.0883. The molecule has 0 aliphatic heterocycles. The SMILES string of the molecule is CC(C)COCCNC(=O)c1ccc(S(=O)(=O)Cl)cc1F. The third kappa shape index (κ3) is 5.99. The van der Waals surface area contributed by atoms with Crippen molar-refractivity contribution in [2.45, 2.75) is 18.7 Å². The topological polar surface area (TPSA) is 72.5 Å². The van der Waals surface area contributed by atoms with Crippen LogP contribution >= 0.6 is 10.7 Å². The van der Waals surface area contributed by atoms with E-state index < -0.39 is 25.7 Å². The molecule has 1 rings (SSSR count). The van der Waals surface area contributed by atoms with Gasteiger partial charge in [-0.3, -0.25) is 4.79 Å². The van der Waals surface area contributed by atoms with E-state index in [0.29, 0.717) is 25.2 Å². The molecule has 5 nitrogen and oxygen atoms in total. The molecule has 0 aliphatic rings. The quantitative estimate of drug-likeness (QED) is 0.611. The zero-order valence-corrected chi connectivity index (χ0v) is 13.3. The Kier molecular flexibility index (Phi) is 6.57. The second-order valence-electron chi connectivity index (χ2n) is 4.80. The van der Waals surface area contributed by atoms with Gasteiger partial charge in [-0.25, -0.2) is 12.8 Å².